The molecule has 1 heterocycles. The molecule has 0 amide bonds. The van der Waals surface area contributed by atoms with Gasteiger partial charge in [-0.1, -0.05) is 37.0 Å². The van der Waals surface area contributed by atoms with Crippen molar-refractivity contribution in [3.63, 3.8) is 0 Å². The summed E-state index contributed by atoms with van der Waals surface area (Å²) in [5.74, 6) is 6.18. The summed E-state index contributed by atoms with van der Waals surface area (Å²) in [5.41, 5.74) is 2.23. The quantitative estimate of drug-likeness (QED) is 0.460. The molecule has 1 aromatic rings. The first-order chi connectivity index (χ1) is 9.01. The largest absolute Gasteiger partial charge is 0.396 e. The van der Waals surface area contributed by atoms with Gasteiger partial charge in [-0.3, -0.25) is 0 Å². The Morgan fingerprint density at radius 3 is 2.32 bits per heavy atom. The summed E-state index contributed by atoms with van der Waals surface area (Å²) in [6.45, 7) is 4.78. The summed E-state index contributed by atoms with van der Waals surface area (Å²) in [6, 6.07) is 1.58. The zero-order valence-electron chi connectivity index (χ0n) is 11.1. The minimum absolute atomic E-state index is 0.111. The highest BCUT2D eigenvalue weighted by Crippen LogP contribution is 2.31. The van der Waals surface area contributed by atoms with Gasteiger partial charge < -0.3 is 15.8 Å². The molecule has 0 spiro atoms. The van der Waals surface area contributed by atoms with Crippen molar-refractivity contribution in [2.24, 2.45) is 11.3 Å². The first-order valence-electron chi connectivity index (χ1n) is 6.19. The molecule has 0 bridgehead atoms. The topological polar surface area (TPSA) is 83.2 Å². The van der Waals surface area contributed by atoms with E-state index >= 15 is 0 Å². The summed E-state index contributed by atoms with van der Waals surface area (Å²) >= 11 is 12.0. The summed E-state index contributed by atoms with van der Waals surface area (Å²) in [6.07, 6.45) is 1.72. The van der Waals surface area contributed by atoms with E-state index in [1.54, 1.807) is 6.07 Å². The molecule has 1 rings (SSSR count). The molecule has 1 aromatic heterocycles. The highest BCUT2D eigenvalue weighted by Gasteiger charge is 2.25. The number of pyridine rings is 1. The minimum Gasteiger partial charge on any atom is -0.396 e. The van der Waals surface area contributed by atoms with Crippen LogP contribution < -0.4 is 16.6 Å². The van der Waals surface area contributed by atoms with Crippen LogP contribution in [-0.4, -0.2) is 23.2 Å². The molecule has 0 radical (unpaired) electrons. The third-order valence-corrected chi connectivity index (χ3v) is 4.11. The molecule has 0 aliphatic carbocycles. The molecule has 0 aliphatic rings. The van der Waals surface area contributed by atoms with Crippen molar-refractivity contribution in [3.8, 4) is 0 Å². The maximum atomic E-state index is 9.52. The van der Waals surface area contributed by atoms with Crippen LogP contribution in [0.5, 0.6) is 0 Å². The van der Waals surface area contributed by atoms with E-state index in [1.165, 1.54) is 0 Å². The van der Waals surface area contributed by atoms with Crippen LogP contribution in [-0.2, 0) is 0 Å². The fourth-order valence-electron chi connectivity index (χ4n) is 1.74. The van der Waals surface area contributed by atoms with Crippen molar-refractivity contribution in [3.05, 3.63) is 16.1 Å². The van der Waals surface area contributed by atoms with E-state index in [9.17, 15) is 5.11 Å². The van der Waals surface area contributed by atoms with Crippen molar-refractivity contribution in [1.82, 2.24) is 4.98 Å². The molecule has 5 nitrogen and oxygen atoms in total. The zero-order valence-corrected chi connectivity index (χ0v) is 12.6. The van der Waals surface area contributed by atoms with Gasteiger partial charge in [-0.25, -0.2) is 10.8 Å². The van der Waals surface area contributed by atoms with Gasteiger partial charge in [-0.2, -0.15) is 0 Å². The van der Waals surface area contributed by atoms with Crippen molar-refractivity contribution < 1.29 is 5.11 Å². The average Bonchev–Trinajstić information content (AvgIpc) is 2.43. The number of aliphatic hydroxyl groups is 1. The standard InChI is InChI=1S/C12H20Cl2N4O/c1-3-12(4-2,7-19)6-16-10-8(13)5-9(14)11(17-10)18-15/h5,19H,3-4,6-7,15H2,1-2H3,(H2,16,17,18). The van der Waals surface area contributed by atoms with E-state index in [2.05, 4.69) is 15.7 Å². The Balaban J connectivity index is 2.88. The van der Waals surface area contributed by atoms with E-state index in [4.69, 9.17) is 29.0 Å². The van der Waals surface area contributed by atoms with Crippen LogP contribution in [0, 0.1) is 5.41 Å². The maximum Gasteiger partial charge on any atom is 0.161 e. The Bertz CT molecular complexity index is 416. The second-order valence-corrected chi connectivity index (χ2v) is 5.33. The van der Waals surface area contributed by atoms with Gasteiger partial charge in [-0.05, 0) is 18.9 Å². The van der Waals surface area contributed by atoms with Crippen molar-refractivity contribution >= 4 is 34.8 Å². The summed E-state index contributed by atoms with van der Waals surface area (Å²) in [4.78, 5) is 4.20. The molecule has 5 N–H and O–H groups in total. The highest BCUT2D eigenvalue weighted by molar-refractivity contribution is 6.37. The molecule has 0 aromatic carbocycles. The normalized spacial score (nSPS) is 11.5. The molecule has 0 fully saturated rings. The Hall–Kier alpha value is -0.750. The molecule has 0 saturated heterocycles. The van der Waals surface area contributed by atoms with Crippen molar-refractivity contribution in [2.45, 2.75) is 26.7 Å². The lowest BCUT2D eigenvalue weighted by atomic mass is 9.83. The predicted molar refractivity (Wildman–Crippen MR) is 80.7 cm³/mol. The van der Waals surface area contributed by atoms with Gasteiger partial charge in [0.25, 0.3) is 0 Å². The molecule has 19 heavy (non-hydrogen) atoms. The fraction of sp³-hybridized carbons (Fsp3) is 0.583. The molecule has 0 aliphatic heterocycles. The number of nitrogens with zero attached hydrogens (tertiary/aromatic N) is 1. The van der Waals surface area contributed by atoms with Crippen LogP contribution in [0.1, 0.15) is 26.7 Å². The van der Waals surface area contributed by atoms with Crippen LogP contribution in [0.4, 0.5) is 11.6 Å². The third-order valence-electron chi connectivity index (χ3n) is 3.53. The lowest BCUT2D eigenvalue weighted by Crippen LogP contribution is -2.32. The van der Waals surface area contributed by atoms with Gasteiger partial charge in [0.15, 0.2) is 5.82 Å². The van der Waals surface area contributed by atoms with Crippen LogP contribution in [0.3, 0.4) is 0 Å². The van der Waals surface area contributed by atoms with E-state index in [0.717, 1.165) is 12.8 Å². The number of nitrogen functional groups attached to an aromatic ring is 1. The van der Waals surface area contributed by atoms with Gasteiger partial charge in [0.05, 0.1) is 16.7 Å². The average molecular weight is 307 g/mol. The molecule has 0 atom stereocenters. The van der Waals surface area contributed by atoms with E-state index in [1.807, 2.05) is 13.8 Å². The second kappa shape index (κ2) is 7.14. The Morgan fingerprint density at radius 2 is 1.84 bits per heavy atom. The number of nitrogens with two attached hydrogens (primary N) is 1. The summed E-state index contributed by atoms with van der Waals surface area (Å²) < 4.78 is 0. The van der Waals surface area contributed by atoms with Gasteiger partial charge in [0, 0.05) is 12.0 Å². The van der Waals surface area contributed by atoms with Gasteiger partial charge in [-0.15, -0.1) is 0 Å². The Kier molecular flexibility index (Phi) is 6.13. The maximum absolute atomic E-state index is 9.52. The van der Waals surface area contributed by atoms with E-state index in [0.29, 0.717) is 28.2 Å². The van der Waals surface area contributed by atoms with Gasteiger partial charge >= 0.3 is 0 Å². The number of rotatable bonds is 7. The number of aliphatic hydroxyl groups excluding tert-OH is 1. The number of hydrogen-bond donors (Lipinski definition) is 4. The van der Waals surface area contributed by atoms with E-state index in [-0.39, 0.29) is 12.0 Å². The van der Waals surface area contributed by atoms with Crippen LogP contribution in [0.15, 0.2) is 6.07 Å². The monoisotopic (exact) mass is 306 g/mol. The minimum atomic E-state index is -0.180. The number of hydrogen-bond acceptors (Lipinski definition) is 5. The lowest BCUT2D eigenvalue weighted by molar-refractivity contribution is 0.127. The molecule has 7 heteroatoms. The zero-order chi connectivity index (χ0) is 14.5. The second-order valence-electron chi connectivity index (χ2n) is 4.51. The van der Waals surface area contributed by atoms with Crippen LogP contribution >= 0.6 is 23.2 Å². The molecule has 0 saturated carbocycles. The van der Waals surface area contributed by atoms with Crippen molar-refractivity contribution in [1.29, 1.82) is 0 Å². The molecular formula is C12H20Cl2N4O. The summed E-state index contributed by atoms with van der Waals surface area (Å²) in [5, 5.41) is 13.5. The first kappa shape index (κ1) is 16.3. The number of nitrogens with one attached hydrogen (secondary N) is 2. The smallest absolute Gasteiger partial charge is 0.161 e. The number of halogens is 2. The van der Waals surface area contributed by atoms with E-state index < -0.39 is 0 Å². The Labute approximate surface area is 123 Å². The number of hydrazine groups is 1. The lowest BCUT2D eigenvalue weighted by Gasteiger charge is -2.30. The number of aromatic nitrogens is 1. The van der Waals surface area contributed by atoms with Gasteiger partial charge in [0.1, 0.15) is 5.82 Å². The SMILES string of the molecule is CCC(CC)(CO)CNc1nc(NN)c(Cl)cc1Cl. The van der Waals surface area contributed by atoms with Crippen molar-refractivity contribution in [2.75, 3.05) is 23.9 Å². The third kappa shape index (κ3) is 3.86. The first-order valence-corrected chi connectivity index (χ1v) is 6.95. The fourth-order valence-corrected chi connectivity index (χ4v) is 2.22. The Morgan fingerprint density at radius 1 is 1.26 bits per heavy atom. The molecular weight excluding hydrogens is 287 g/mol. The number of anilines is 2. The summed E-state index contributed by atoms with van der Waals surface area (Å²) in [7, 11) is 0. The van der Waals surface area contributed by atoms with Crippen LogP contribution in [0.2, 0.25) is 10.0 Å². The van der Waals surface area contributed by atoms with Gasteiger partial charge in [0.2, 0.25) is 0 Å². The predicted octanol–water partition coefficient (Wildman–Crippen LogP) is 2.88. The molecule has 0 unspecified atom stereocenters. The highest BCUT2D eigenvalue weighted by atomic mass is 35.5. The molecule has 108 valence electrons. The van der Waals surface area contributed by atoms with Crippen LogP contribution in [0.25, 0.3) is 0 Å².